The Balaban J connectivity index is 3.46. The van der Waals surface area contributed by atoms with Crippen LogP contribution in [0.15, 0.2) is 30.3 Å². The fourth-order valence-corrected chi connectivity index (χ4v) is 3.25. The number of nitrogen functional groups attached to an aromatic ring is 1. The molecule has 0 radical (unpaired) electrons. The number of ether oxygens (including phenoxy) is 2. The molecule has 0 aliphatic carbocycles. The van der Waals surface area contributed by atoms with Crippen LogP contribution >= 0.6 is 0 Å². The van der Waals surface area contributed by atoms with Crippen molar-refractivity contribution in [1.29, 1.82) is 0 Å². The summed E-state index contributed by atoms with van der Waals surface area (Å²) in [5.41, 5.74) is 12.2. The number of rotatable bonds is 13. The number of carbonyl (C=O) groups excluding carboxylic acids is 5. The third-order valence-corrected chi connectivity index (χ3v) is 5.06. The maximum Gasteiger partial charge on any atom is 0.329 e. The minimum atomic E-state index is -1.43. The Hall–Kier alpha value is -3.73. The van der Waals surface area contributed by atoms with Crippen molar-refractivity contribution in [1.82, 2.24) is 10.2 Å². The molecule has 1 aromatic rings. The van der Waals surface area contributed by atoms with Crippen molar-refractivity contribution in [3.63, 3.8) is 0 Å². The van der Waals surface area contributed by atoms with Crippen LogP contribution in [0.4, 0.5) is 5.69 Å². The Kier molecular flexibility index (Phi) is 12.9. The highest BCUT2D eigenvalue weighted by atomic mass is 16.5. The standard InChI is InChI=1S/C25H36N4O7/c1-5-35-22(32)14-12-19(25(34)36-6-2)29(24(33)23(16(3)4)28-20(30)15-26)21(31)13-9-17-7-10-18(27)11-8-17/h7-11,13,16,19,23H,5-6,12,14-15,26-27H2,1-4H3,(H,28,30)/b13-9+/t19-,23-/m1/s1. The summed E-state index contributed by atoms with van der Waals surface area (Å²) in [7, 11) is 0. The fourth-order valence-electron chi connectivity index (χ4n) is 3.25. The van der Waals surface area contributed by atoms with Gasteiger partial charge in [-0.05, 0) is 50.0 Å². The second-order valence-electron chi connectivity index (χ2n) is 8.15. The van der Waals surface area contributed by atoms with Crippen LogP contribution in [0.5, 0.6) is 0 Å². The first-order valence-corrected chi connectivity index (χ1v) is 11.8. The van der Waals surface area contributed by atoms with Crippen LogP contribution in [0.2, 0.25) is 0 Å². The highest BCUT2D eigenvalue weighted by molar-refractivity contribution is 6.08. The van der Waals surface area contributed by atoms with Crippen LogP contribution in [0.25, 0.3) is 6.08 Å². The molecule has 0 saturated carbocycles. The number of hydrogen-bond acceptors (Lipinski definition) is 9. The zero-order valence-corrected chi connectivity index (χ0v) is 21.2. The van der Waals surface area contributed by atoms with E-state index in [9.17, 15) is 24.0 Å². The average Bonchev–Trinajstić information content (AvgIpc) is 2.84. The third-order valence-electron chi connectivity index (χ3n) is 5.06. The molecule has 0 heterocycles. The van der Waals surface area contributed by atoms with Crippen LogP contribution < -0.4 is 16.8 Å². The van der Waals surface area contributed by atoms with E-state index in [-0.39, 0.29) is 32.6 Å². The van der Waals surface area contributed by atoms with Crippen molar-refractivity contribution in [2.75, 3.05) is 25.5 Å². The minimum Gasteiger partial charge on any atom is -0.466 e. The summed E-state index contributed by atoms with van der Waals surface area (Å²) in [4.78, 5) is 64.6. The van der Waals surface area contributed by atoms with E-state index in [1.54, 1.807) is 52.0 Å². The van der Waals surface area contributed by atoms with Gasteiger partial charge in [0.2, 0.25) is 5.91 Å². The summed E-state index contributed by atoms with van der Waals surface area (Å²) in [5.74, 6) is -4.17. The summed E-state index contributed by atoms with van der Waals surface area (Å²) in [6, 6.07) is 4.05. The van der Waals surface area contributed by atoms with Gasteiger partial charge in [-0.1, -0.05) is 26.0 Å². The van der Waals surface area contributed by atoms with E-state index in [0.717, 1.165) is 11.0 Å². The molecule has 0 spiro atoms. The zero-order valence-electron chi connectivity index (χ0n) is 21.2. The Bertz CT molecular complexity index is 944. The first kappa shape index (κ1) is 30.3. The molecular formula is C25H36N4O7. The first-order valence-electron chi connectivity index (χ1n) is 11.8. The Morgan fingerprint density at radius 1 is 1.03 bits per heavy atom. The first-order chi connectivity index (χ1) is 17.0. The molecule has 0 fully saturated rings. The van der Waals surface area contributed by atoms with Gasteiger partial charge in [0.25, 0.3) is 11.8 Å². The molecule has 0 aliphatic heterocycles. The lowest BCUT2D eigenvalue weighted by molar-refractivity contribution is -0.162. The Labute approximate surface area is 211 Å². The summed E-state index contributed by atoms with van der Waals surface area (Å²) >= 11 is 0. The van der Waals surface area contributed by atoms with E-state index in [1.165, 1.54) is 6.08 Å². The summed E-state index contributed by atoms with van der Waals surface area (Å²) in [5, 5.41) is 2.50. The van der Waals surface area contributed by atoms with Crippen LogP contribution in [0, 0.1) is 5.92 Å². The fraction of sp³-hybridized carbons (Fsp3) is 0.480. The van der Waals surface area contributed by atoms with Gasteiger partial charge in [-0.15, -0.1) is 0 Å². The third kappa shape index (κ3) is 9.49. The molecule has 1 aromatic carbocycles. The van der Waals surface area contributed by atoms with Gasteiger partial charge in [-0.25, -0.2) is 4.79 Å². The predicted molar refractivity (Wildman–Crippen MR) is 134 cm³/mol. The quantitative estimate of drug-likeness (QED) is 0.201. The molecule has 11 heteroatoms. The molecular weight excluding hydrogens is 468 g/mol. The molecule has 1 rings (SSSR count). The molecule has 11 nitrogen and oxygen atoms in total. The molecule has 5 N–H and O–H groups in total. The van der Waals surface area contributed by atoms with Gasteiger partial charge in [-0.3, -0.25) is 24.1 Å². The molecule has 0 bridgehead atoms. The molecule has 0 aromatic heterocycles. The van der Waals surface area contributed by atoms with Crippen LogP contribution in [0.1, 0.15) is 46.1 Å². The van der Waals surface area contributed by atoms with Crippen LogP contribution in [-0.4, -0.2) is 66.4 Å². The second-order valence-corrected chi connectivity index (χ2v) is 8.15. The number of anilines is 1. The van der Waals surface area contributed by atoms with Crippen molar-refractivity contribution in [2.24, 2.45) is 11.7 Å². The van der Waals surface area contributed by atoms with Crippen LogP contribution in [0.3, 0.4) is 0 Å². The van der Waals surface area contributed by atoms with Crippen molar-refractivity contribution in [3.8, 4) is 0 Å². The van der Waals surface area contributed by atoms with Crippen molar-refractivity contribution < 1.29 is 33.4 Å². The highest BCUT2D eigenvalue weighted by Gasteiger charge is 2.39. The van der Waals surface area contributed by atoms with E-state index in [1.807, 2.05) is 0 Å². The molecule has 2 atom stereocenters. The van der Waals surface area contributed by atoms with Crippen molar-refractivity contribution in [2.45, 2.75) is 52.6 Å². The Morgan fingerprint density at radius 3 is 2.17 bits per heavy atom. The lowest BCUT2D eigenvalue weighted by atomic mass is 10.00. The van der Waals surface area contributed by atoms with Crippen molar-refractivity contribution >= 4 is 41.4 Å². The molecule has 0 saturated heterocycles. The number of nitrogens with zero attached hydrogens (tertiary/aromatic N) is 1. The topological polar surface area (TPSA) is 171 Å². The SMILES string of the molecule is CCOC(=O)CC[C@H](C(=O)OCC)N(C(=O)/C=C/c1ccc(N)cc1)C(=O)[C@H](NC(=O)CN)C(C)C. The maximum absolute atomic E-state index is 13.6. The average molecular weight is 505 g/mol. The molecule has 198 valence electrons. The Morgan fingerprint density at radius 2 is 1.64 bits per heavy atom. The van der Waals surface area contributed by atoms with Gasteiger partial charge in [0.15, 0.2) is 0 Å². The zero-order chi connectivity index (χ0) is 27.3. The molecule has 36 heavy (non-hydrogen) atoms. The summed E-state index contributed by atoms with van der Waals surface area (Å²) in [6.45, 7) is 6.31. The van der Waals surface area contributed by atoms with Gasteiger partial charge in [0, 0.05) is 18.2 Å². The number of nitrogens with two attached hydrogens (primary N) is 2. The van der Waals surface area contributed by atoms with E-state index in [4.69, 9.17) is 20.9 Å². The monoisotopic (exact) mass is 504 g/mol. The number of amides is 3. The van der Waals surface area contributed by atoms with E-state index in [2.05, 4.69) is 5.32 Å². The molecule has 0 aliphatic rings. The lowest BCUT2D eigenvalue weighted by Gasteiger charge is -2.32. The number of nitrogens with one attached hydrogen (secondary N) is 1. The summed E-state index contributed by atoms with van der Waals surface area (Å²) < 4.78 is 10.0. The minimum absolute atomic E-state index is 0.0102. The number of imide groups is 1. The number of carbonyl (C=O) groups is 5. The van der Waals surface area contributed by atoms with Gasteiger partial charge >= 0.3 is 11.9 Å². The van der Waals surface area contributed by atoms with E-state index < -0.39 is 47.7 Å². The predicted octanol–water partition coefficient (Wildman–Crippen LogP) is 1.01. The highest BCUT2D eigenvalue weighted by Crippen LogP contribution is 2.17. The number of hydrogen-bond donors (Lipinski definition) is 3. The van der Waals surface area contributed by atoms with E-state index in [0.29, 0.717) is 11.3 Å². The molecule has 3 amide bonds. The lowest BCUT2D eigenvalue weighted by Crippen LogP contribution is -2.58. The normalized spacial score (nSPS) is 12.6. The van der Waals surface area contributed by atoms with E-state index >= 15 is 0 Å². The number of benzene rings is 1. The van der Waals surface area contributed by atoms with Gasteiger partial charge in [-0.2, -0.15) is 0 Å². The largest absolute Gasteiger partial charge is 0.466 e. The maximum atomic E-state index is 13.6. The van der Waals surface area contributed by atoms with Crippen molar-refractivity contribution in [3.05, 3.63) is 35.9 Å². The smallest absolute Gasteiger partial charge is 0.329 e. The van der Waals surface area contributed by atoms with Gasteiger partial charge < -0.3 is 26.3 Å². The number of esters is 2. The second kappa shape index (κ2) is 15.3. The van der Waals surface area contributed by atoms with Gasteiger partial charge in [0.1, 0.15) is 12.1 Å². The van der Waals surface area contributed by atoms with Gasteiger partial charge in [0.05, 0.1) is 19.8 Å². The summed E-state index contributed by atoms with van der Waals surface area (Å²) in [6.07, 6.45) is 2.12. The van der Waals surface area contributed by atoms with Crippen LogP contribution in [-0.2, 0) is 33.4 Å². The molecule has 0 unspecified atom stereocenters.